The van der Waals surface area contributed by atoms with Gasteiger partial charge in [-0.15, -0.1) is 0 Å². The molecule has 0 aromatic heterocycles. The average molecular weight is 276 g/mol. The lowest BCUT2D eigenvalue weighted by molar-refractivity contribution is 0.239. The molecule has 0 bridgehead atoms. The van der Waals surface area contributed by atoms with E-state index in [1.54, 1.807) is 0 Å². The Kier molecular flexibility index (Phi) is 4.94. The van der Waals surface area contributed by atoms with Crippen LogP contribution >= 0.6 is 12.2 Å². The van der Waals surface area contributed by atoms with E-state index >= 15 is 0 Å². The fourth-order valence-corrected chi connectivity index (χ4v) is 2.40. The number of benzene rings is 1. The van der Waals surface area contributed by atoms with Gasteiger partial charge in [0.15, 0.2) is 0 Å². The third-order valence-corrected chi connectivity index (χ3v) is 3.92. The maximum Gasteiger partial charge on any atom is 0.103 e. The lowest BCUT2D eigenvalue weighted by atomic mass is 10.1. The summed E-state index contributed by atoms with van der Waals surface area (Å²) in [4.78, 5) is 3.10. The van der Waals surface area contributed by atoms with Gasteiger partial charge in [0.05, 0.1) is 0 Å². The molecule has 0 atom stereocenters. The third kappa shape index (κ3) is 4.59. The first-order chi connectivity index (χ1) is 9.06. The van der Waals surface area contributed by atoms with Crippen LogP contribution in [-0.4, -0.2) is 22.5 Å². The first-order valence-corrected chi connectivity index (χ1v) is 7.60. The summed E-state index contributed by atoms with van der Waals surface area (Å²) in [6.07, 6.45) is 4.01. The zero-order chi connectivity index (χ0) is 13.8. The van der Waals surface area contributed by atoms with Crippen LogP contribution < -0.4 is 5.73 Å². The Hall–Kier alpha value is -0.930. The number of hydrogen-bond donors (Lipinski definition) is 1. The number of rotatable bonds is 7. The van der Waals surface area contributed by atoms with Crippen LogP contribution in [-0.2, 0) is 6.54 Å². The number of nitrogens with two attached hydrogens (primary N) is 1. The smallest absolute Gasteiger partial charge is 0.103 e. The zero-order valence-corrected chi connectivity index (χ0v) is 12.7. The molecule has 2 N–H and O–H groups in total. The molecule has 1 aromatic rings. The highest BCUT2D eigenvalue weighted by atomic mass is 32.1. The van der Waals surface area contributed by atoms with E-state index in [-0.39, 0.29) is 0 Å². The summed E-state index contributed by atoms with van der Waals surface area (Å²) < 4.78 is 0. The van der Waals surface area contributed by atoms with Crippen LogP contribution in [0.25, 0.3) is 0 Å². The van der Waals surface area contributed by atoms with Gasteiger partial charge >= 0.3 is 0 Å². The fraction of sp³-hybridized carbons (Fsp3) is 0.562. The van der Waals surface area contributed by atoms with E-state index in [0.717, 1.165) is 24.1 Å². The van der Waals surface area contributed by atoms with E-state index in [9.17, 15) is 0 Å². The van der Waals surface area contributed by atoms with Crippen molar-refractivity contribution in [1.82, 2.24) is 4.90 Å². The predicted octanol–water partition coefficient (Wildman–Crippen LogP) is 3.33. The van der Waals surface area contributed by atoms with Gasteiger partial charge in [-0.05, 0) is 37.3 Å². The van der Waals surface area contributed by atoms with Crippen LogP contribution in [0.1, 0.15) is 44.2 Å². The molecule has 1 fully saturated rings. The molecule has 104 valence electrons. The van der Waals surface area contributed by atoms with E-state index in [1.807, 2.05) is 12.1 Å². The van der Waals surface area contributed by atoms with Gasteiger partial charge < -0.3 is 5.73 Å². The minimum atomic E-state index is 0.477. The van der Waals surface area contributed by atoms with Crippen LogP contribution in [0.3, 0.4) is 0 Å². The molecule has 0 saturated heterocycles. The molecular weight excluding hydrogens is 252 g/mol. The standard InChI is InChI=1S/C16H24N2S/c1-12(2)9-10-18(15-7-8-15)11-13-3-5-14(6-4-13)16(17)19/h3-6,12,15H,7-11H2,1-2H3,(H2,17,19). The van der Waals surface area contributed by atoms with Crippen molar-refractivity contribution in [1.29, 1.82) is 0 Å². The highest BCUT2D eigenvalue weighted by Gasteiger charge is 2.28. The molecule has 1 aromatic carbocycles. The Bertz CT molecular complexity index is 421. The number of hydrogen-bond acceptors (Lipinski definition) is 2. The quantitative estimate of drug-likeness (QED) is 0.775. The Balaban J connectivity index is 1.94. The molecule has 3 heteroatoms. The van der Waals surface area contributed by atoms with Crippen LogP contribution in [0.4, 0.5) is 0 Å². The van der Waals surface area contributed by atoms with E-state index in [1.165, 1.54) is 31.4 Å². The molecule has 1 aliphatic rings. The largest absolute Gasteiger partial charge is 0.389 e. The van der Waals surface area contributed by atoms with Gasteiger partial charge in [0.1, 0.15) is 4.99 Å². The molecule has 0 unspecified atom stereocenters. The van der Waals surface area contributed by atoms with Gasteiger partial charge in [0.2, 0.25) is 0 Å². The Morgan fingerprint density at radius 1 is 1.32 bits per heavy atom. The van der Waals surface area contributed by atoms with E-state index in [2.05, 4.69) is 30.9 Å². The van der Waals surface area contributed by atoms with Crippen LogP contribution in [0.2, 0.25) is 0 Å². The lowest BCUT2D eigenvalue weighted by Crippen LogP contribution is -2.27. The molecule has 0 amide bonds. The molecule has 0 spiro atoms. The predicted molar refractivity (Wildman–Crippen MR) is 85.2 cm³/mol. The van der Waals surface area contributed by atoms with E-state index in [4.69, 9.17) is 18.0 Å². The second-order valence-corrected chi connectivity index (χ2v) is 6.39. The van der Waals surface area contributed by atoms with Gasteiger partial charge in [-0.2, -0.15) is 0 Å². The normalized spacial score (nSPS) is 15.2. The summed E-state index contributed by atoms with van der Waals surface area (Å²) in [5.41, 5.74) is 7.94. The van der Waals surface area contributed by atoms with Gasteiger partial charge in [0, 0.05) is 18.2 Å². The third-order valence-electron chi connectivity index (χ3n) is 3.68. The maximum atomic E-state index is 5.63. The van der Waals surface area contributed by atoms with Crippen LogP contribution in [0.15, 0.2) is 24.3 Å². The van der Waals surface area contributed by atoms with Crippen molar-refractivity contribution in [3.8, 4) is 0 Å². The SMILES string of the molecule is CC(C)CCN(Cc1ccc(C(N)=S)cc1)C1CC1. The summed E-state index contributed by atoms with van der Waals surface area (Å²) in [7, 11) is 0. The molecule has 1 saturated carbocycles. The molecule has 0 radical (unpaired) electrons. The second-order valence-electron chi connectivity index (χ2n) is 5.95. The number of thiocarbonyl (C=S) groups is 1. The van der Waals surface area contributed by atoms with Gasteiger partial charge in [0.25, 0.3) is 0 Å². The molecular formula is C16H24N2S. The Labute approximate surface area is 122 Å². The molecule has 0 heterocycles. The highest BCUT2D eigenvalue weighted by molar-refractivity contribution is 7.80. The van der Waals surface area contributed by atoms with Gasteiger partial charge in [-0.1, -0.05) is 50.3 Å². The van der Waals surface area contributed by atoms with Crippen LogP contribution in [0.5, 0.6) is 0 Å². The van der Waals surface area contributed by atoms with Crippen molar-refractivity contribution >= 4 is 17.2 Å². The minimum Gasteiger partial charge on any atom is -0.389 e. The van der Waals surface area contributed by atoms with E-state index < -0.39 is 0 Å². The summed E-state index contributed by atoms with van der Waals surface area (Å²) in [5, 5.41) is 0. The van der Waals surface area contributed by atoms with Crippen molar-refractivity contribution < 1.29 is 0 Å². The second kappa shape index (κ2) is 6.49. The van der Waals surface area contributed by atoms with Crippen molar-refractivity contribution in [2.45, 2.75) is 45.7 Å². The molecule has 0 aliphatic heterocycles. The summed E-state index contributed by atoms with van der Waals surface area (Å²) in [5.74, 6) is 0.776. The molecule has 2 nitrogen and oxygen atoms in total. The zero-order valence-electron chi connectivity index (χ0n) is 11.9. The van der Waals surface area contributed by atoms with Crippen molar-refractivity contribution in [2.75, 3.05) is 6.54 Å². The van der Waals surface area contributed by atoms with Crippen molar-refractivity contribution in [3.05, 3.63) is 35.4 Å². The molecule has 1 aliphatic carbocycles. The van der Waals surface area contributed by atoms with Crippen molar-refractivity contribution in [3.63, 3.8) is 0 Å². The first kappa shape index (κ1) is 14.5. The highest BCUT2D eigenvalue weighted by Crippen LogP contribution is 2.28. The van der Waals surface area contributed by atoms with Crippen molar-refractivity contribution in [2.24, 2.45) is 11.7 Å². The molecule has 19 heavy (non-hydrogen) atoms. The van der Waals surface area contributed by atoms with Gasteiger partial charge in [-0.25, -0.2) is 0 Å². The molecule has 2 rings (SSSR count). The average Bonchev–Trinajstić information content (AvgIpc) is 3.19. The first-order valence-electron chi connectivity index (χ1n) is 7.19. The topological polar surface area (TPSA) is 29.3 Å². The minimum absolute atomic E-state index is 0.477. The maximum absolute atomic E-state index is 5.63. The Morgan fingerprint density at radius 3 is 2.42 bits per heavy atom. The summed E-state index contributed by atoms with van der Waals surface area (Å²) >= 11 is 4.98. The summed E-state index contributed by atoms with van der Waals surface area (Å²) in [6.45, 7) is 6.85. The lowest BCUT2D eigenvalue weighted by Gasteiger charge is -2.23. The van der Waals surface area contributed by atoms with E-state index in [0.29, 0.717) is 4.99 Å². The fourth-order valence-electron chi connectivity index (χ4n) is 2.26. The Morgan fingerprint density at radius 2 is 1.95 bits per heavy atom. The number of nitrogens with zero attached hydrogens (tertiary/aromatic N) is 1. The van der Waals surface area contributed by atoms with Gasteiger partial charge in [-0.3, -0.25) is 4.90 Å². The monoisotopic (exact) mass is 276 g/mol. The summed E-state index contributed by atoms with van der Waals surface area (Å²) in [6, 6.07) is 9.18. The van der Waals surface area contributed by atoms with Crippen LogP contribution in [0, 0.1) is 5.92 Å².